The number of nitrogens with zero attached hydrogens (tertiary/aromatic N) is 2. The van der Waals surface area contributed by atoms with Crippen LogP contribution in [-0.4, -0.2) is 24.0 Å². The number of likely N-dealkylation sites (N-methyl/N-ethyl adjacent to an activating group) is 1. The highest BCUT2D eigenvalue weighted by atomic mass is 35.5. The minimum absolute atomic E-state index is 0.0338. The second kappa shape index (κ2) is 7.67. The Morgan fingerprint density at radius 2 is 2.03 bits per heavy atom. The lowest BCUT2D eigenvalue weighted by molar-refractivity contribution is -0.119. The molecule has 148 valence electrons. The fourth-order valence-electron chi connectivity index (χ4n) is 3.27. The maximum Gasteiger partial charge on any atom is 0.249 e. The van der Waals surface area contributed by atoms with Crippen LogP contribution in [0.2, 0.25) is 5.02 Å². The van der Waals surface area contributed by atoms with Gasteiger partial charge < -0.3 is 15.0 Å². The quantitative estimate of drug-likeness (QED) is 0.664. The number of aromatic nitrogens is 1. The van der Waals surface area contributed by atoms with Crippen LogP contribution >= 0.6 is 11.6 Å². The van der Waals surface area contributed by atoms with Gasteiger partial charge in [-0.3, -0.25) is 4.79 Å². The maximum atomic E-state index is 14.6. The molecule has 0 saturated heterocycles. The van der Waals surface area contributed by atoms with Crippen molar-refractivity contribution in [3.63, 3.8) is 0 Å². The summed E-state index contributed by atoms with van der Waals surface area (Å²) in [4.78, 5) is 18.4. The predicted octanol–water partition coefficient (Wildman–Crippen LogP) is 4.81. The second-order valence-corrected chi connectivity index (χ2v) is 6.98. The molecule has 0 aliphatic carbocycles. The number of halogens is 3. The van der Waals surface area contributed by atoms with Gasteiger partial charge in [0.2, 0.25) is 5.91 Å². The molecule has 0 bridgehead atoms. The van der Waals surface area contributed by atoms with E-state index in [-0.39, 0.29) is 28.1 Å². The number of nitrogens with one attached hydrogen (secondary N) is 1. The molecule has 2 heterocycles. The average Bonchev–Trinajstić information content (AvgIpc) is 2.71. The lowest BCUT2D eigenvalue weighted by Crippen LogP contribution is -2.46. The Labute approximate surface area is 170 Å². The van der Waals surface area contributed by atoms with Gasteiger partial charge in [0.05, 0.1) is 10.7 Å². The summed E-state index contributed by atoms with van der Waals surface area (Å²) in [7, 11) is 1.53. The summed E-state index contributed by atoms with van der Waals surface area (Å²) in [5.74, 6) is -1.18. The highest BCUT2D eigenvalue weighted by Gasteiger charge is 2.34. The molecule has 1 atom stereocenters. The summed E-state index contributed by atoms with van der Waals surface area (Å²) in [6.07, 6.45) is 1.93. The van der Waals surface area contributed by atoms with Crippen molar-refractivity contribution in [2.45, 2.75) is 12.5 Å². The largest absolute Gasteiger partial charge is 0.450 e. The molecule has 0 spiro atoms. The van der Waals surface area contributed by atoms with Gasteiger partial charge in [0.15, 0.2) is 11.6 Å². The van der Waals surface area contributed by atoms with Crippen molar-refractivity contribution in [1.29, 1.82) is 0 Å². The molecule has 1 amide bonds. The number of fused-ring (bicyclic) bond motifs is 1. The lowest BCUT2D eigenvalue weighted by atomic mass is 9.96. The van der Waals surface area contributed by atoms with E-state index in [9.17, 15) is 13.6 Å². The first-order chi connectivity index (χ1) is 13.9. The molecule has 8 heteroatoms. The summed E-state index contributed by atoms with van der Waals surface area (Å²) >= 11 is 6.05. The second-order valence-electron chi connectivity index (χ2n) is 6.57. The molecule has 2 aromatic carbocycles. The fourth-order valence-corrected chi connectivity index (χ4v) is 3.43. The Kier molecular flexibility index (Phi) is 5.07. The standard InChI is InChI=1S/C21H16ClF2N3O2/c1-27-19-12(10-16(21(27)28)26-18-4-2-3-9-25-18)5-8-15(24)20(19)29-17-11-13(23)6-7-14(17)22/h2-9,11,16H,10H2,1H3,(H,25,26)/t16-/m1/s1. The van der Waals surface area contributed by atoms with Crippen LogP contribution in [0.1, 0.15) is 5.56 Å². The van der Waals surface area contributed by atoms with Crippen molar-refractivity contribution in [2.24, 2.45) is 0 Å². The first-order valence-electron chi connectivity index (χ1n) is 8.83. The van der Waals surface area contributed by atoms with Crippen LogP contribution in [0.15, 0.2) is 54.7 Å². The van der Waals surface area contributed by atoms with E-state index in [2.05, 4.69) is 10.3 Å². The van der Waals surface area contributed by atoms with E-state index in [1.807, 2.05) is 6.07 Å². The Hall–Kier alpha value is -3.19. The van der Waals surface area contributed by atoms with Gasteiger partial charge in [0.1, 0.15) is 23.4 Å². The summed E-state index contributed by atoms with van der Waals surface area (Å²) in [6, 6.07) is 11.2. The number of carbonyl (C=O) groups is 1. The van der Waals surface area contributed by atoms with Crippen molar-refractivity contribution in [3.8, 4) is 11.5 Å². The molecule has 4 rings (SSSR count). The van der Waals surface area contributed by atoms with Crippen LogP contribution in [0, 0.1) is 11.6 Å². The number of anilines is 2. The zero-order valence-corrected chi connectivity index (χ0v) is 16.1. The lowest BCUT2D eigenvalue weighted by Gasteiger charge is -2.33. The number of hydrogen-bond acceptors (Lipinski definition) is 4. The van der Waals surface area contributed by atoms with Crippen molar-refractivity contribution in [1.82, 2.24) is 4.98 Å². The molecule has 1 aliphatic heterocycles. The first kappa shape index (κ1) is 19.1. The summed E-state index contributed by atoms with van der Waals surface area (Å²) in [6.45, 7) is 0. The van der Waals surface area contributed by atoms with E-state index in [1.165, 1.54) is 30.1 Å². The SMILES string of the molecule is CN1C(=O)[C@H](Nc2ccccn2)Cc2ccc(F)c(Oc3cc(F)ccc3Cl)c21. The number of hydrogen-bond donors (Lipinski definition) is 1. The van der Waals surface area contributed by atoms with Crippen LogP contribution in [-0.2, 0) is 11.2 Å². The number of benzene rings is 2. The molecular weight excluding hydrogens is 400 g/mol. The first-order valence-corrected chi connectivity index (χ1v) is 9.21. The van der Waals surface area contributed by atoms with Gasteiger partial charge in [0.25, 0.3) is 0 Å². The smallest absolute Gasteiger partial charge is 0.249 e. The van der Waals surface area contributed by atoms with Crippen LogP contribution in [0.4, 0.5) is 20.3 Å². The summed E-state index contributed by atoms with van der Waals surface area (Å²) in [5, 5.41) is 3.22. The summed E-state index contributed by atoms with van der Waals surface area (Å²) < 4.78 is 33.8. The number of amides is 1. The minimum atomic E-state index is -0.681. The van der Waals surface area contributed by atoms with Crippen LogP contribution in [0.3, 0.4) is 0 Å². The number of pyridine rings is 1. The molecule has 5 nitrogen and oxygen atoms in total. The van der Waals surface area contributed by atoms with Crippen LogP contribution < -0.4 is 15.0 Å². The minimum Gasteiger partial charge on any atom is -0.450 e. The van der Waals surface area contributed by atoms with E-state index in [0.29, 0.717) is 17.8 Å². The van der Waals surface area contributed by atoms with Gasteiger partial charge in [0, 0.05) is 25.7 Å². The molecule has 0 radical (unpaired) electrons. The number of carbonyl (C=O) groups excluding carboxylic acids is 1. The van der Waals surface area contributed by atoms with Crippen LogP contribution in [0.25, 0.3) is 0 Å². The van der Waals surface area contributed by atoms with Crippen molar-refractivity contribution < 1.29 is 18.3 Å². The Balaban J connectivity index is 1.70. The van der Waals surface area contributed by atoms with Gasteiger partial charge in [-0.1, -0.05) is 23.7 Å². The molecular formula is C21H16ClF2N3O2. The third-order valence-electron chi connectivity index (χ3n) is 4.65. The number of rotatable bonds is 4. The molecule has 29 heavy (non-hydrogen) atoms. The normalized spacial score (nSPS) is 15.8. The predicted molar refractivity (Wildman–Crippen MR) is 107 cm³/mol. The van der Waals surface area contributed by atoms with Gasteiger partial charge in [-0.05, 0) is 35.9 Å². The zero-order valence-electron chi connectivity index (χ0n) is 15.3. The van der Waals surface area contributed by atoms with E-state index >= 15 is 0 Å². The van der Waals surface area contributed by atoms with Gasteiger partial charge >= 0.3 is 0 Å². The fraction of sp³-hybridized carbons (Fsp3) is 0.143. The van der Waals surface area contributed by atoms with E-state index < -0.39 is 17.7 Å². The van der Waals surface area contributed by atoms with E-state index in [0.717, 1.165) is 6.07 Å². The monoisotopic (exact) mass is 415 g/mol. The molecule has 0 fully saturated rings. The molecule has 0 unspecified atom stereocenters. The Morgan fingerprint density at radius 1 is 1.21 bits per heavy atom. The Morgan fingerprint density at radius 3 is 2.79 bits per heavy atom. The van der Waals surface area contributed by atoms with Gasteiger partial charge in [-0.15, -0.1) is 0 Å². The third-order valence-corrected chi connectivity index (χ3v) is 4.96. The molecule has 1 aromatic heterocycles. The topological polar surface area (TPSA) is 54.5 Å². The van der Waals surface area contributed by atoms with Gasteiger partial charge in [-0.25, -0.2) is 13.8 Å². The van der Waals surface area contributed by atoms with Crippen molar-refractivity contribution in [2.75, 3.05) is 17.3 Å². The highest BCUT2D eigenvalue weighted by molar-refractivity contribution is 6.32. The number of ether oxygens (including phenoxy) is 1. The van der Waals surface area contributed by atoms with Crippen molar-refractivity contribution in [3.05, 3.63) is 76.9 Å². The van der Waals surface area contributed by atoms with Crippen molar-refractivity contribution >= 4 is 29.0 Å². The van der Waals surface area contributed by atoms with E-state index in [4.69, 9.17) is 16.3 Å². The Bertz CT molecular complexity index is 1080. The highest BCUT2D eigenvalue weighted by Crippen LogP contribution is 2.42. The van der Waals surface area contributed by atoms with E-state index in [1.54, 1.807) is 24.4 Å². The molecule has 1 N–H and O–H groups in total. The molecule has 0 saturated carbocycles. The van der Waals surface area contributed by atoms with Gasteiger partial charge in [-0.2, -0.15) is 0 Å². The van der Waals surface area contributed by atoms with Crippen LogP contribution in [0.5, 0.6) is 11.5 Å². The average molecular weight is 416 g/mol. The zero-order chi connectivity index (χ0) is 20.5. The molecule has 3 aromatic rings. The maximum absolute atomic E-state index is 14.6. The summed E-state index contributed by atoms with van der Waals surface area (Å²) in [5.41, 5.74) is 0.985. The molecule has 1 aliphatic rings. The third kappa shape index (κ3) is 3.73.